The Kier molecular flexibility index (Phi) is 7.33. The Morgan fingerprint density at radius 2 is 2.00 bits per heavy atom. The molecule has 0 aromatic heterocycles. The van der Waals surface area contributed by atoms with Gasteiger partial charge in [-0.2, -0.15) is 4.89 Å². The summed E-state index contributed by atoms with van der Waals surface area (Å²) in [7, 11) is 1.30. The van der Waals surface area contributed by atoms with Gasteiger partial charge in [0.1, 0.15) is 0 Å². The molecule has 0 aliphatic carbocycles. The smallest absolute Gasteiger partial charge is 0.318 e. The highest BCUT2D eigenvalue weighted by atomic mass is 17.2. The van der Waals surface area contributed by atoms with Gasteiger partial charge in [0.05, 0.1) is 7.11 Å². The first kappa shape index (κ1) is 12.2. The average molecular weight is 190 g/mol. The molecule has 0 spiro atoms. The van der Waals surface area contributed by atoms with Crippen molar-refractivity contribution in [2.75, 3.05) is 33.3 Å². The van der Waals surface area contributed by atoms with Gasteiger partial charge in [0.15, 0.2) is 0 Å². The second-order valence-corrected chi connectivity index (χ2v) is 2.49. The first-order chi connectivity index (χ1) is 6.24. The third-order valence-electron chi connectivity index (χ3n) is 1.75. The molecule has 0 atom stereocenters. The minimum absolute atomic E-state index is 0.547. The number of hydrogen-bond donors (Lipinski definition) is 1. The van der Waals surface area contributed by atoms with Gasteiger partial charge in [-0.1, -0.05) is 13.8 Å². The topological polar surface area (TPSA) is 50.8 Å². The number of nitrogens with one attached hydrogen (secondary N) is 1. The minimum Gasteiger partial charge on any atom is -0.318 e. The summed E-state index contributed by atoms with van der Waals surface area (Å²) in [5.74, 6) is 0. The van der Waals surface area contributed by atoms with E-state index in [1.807, 2.05) is 0 Å². The van der Waals surface area contributed by atoms with Gasteiger partial charge in [0, 0.05) is 13.1 Å². The number of rotatable bonds is 6. The molecule has 0 rings (SSSR count). The lowest BCUT2D eigenvalue weighted by molar-refractivity contribution is -0.212. The molecule has 0 saturated heterocycles. The Morgan fingerprint density at radius 1 is 1.38 bits per heavy atom. The van der Waals surface area contributed by atoms with Gasteiger partial charge in [0.25, 0.3) is 0 Å². The van der Waals surface area contributed by atoms with Gasteiger partial charge in [0.2, 0.25) is 0 Å². The van der Waals surface area contributed by atoms with Crippen LogP contribution in [0, 0.1) is 0 Å². The van der Waals surface area contributed by atoms with Crippen molar-refractivity contribution >= 4 is 6.09 Å². The monoisotopic (exact) mass is 190 g/mol. The maximum atomic E-state index is 10.7. The van der Waals surface area contributed by atoms with Gasteiger partial charge in [-0.15, -0.1) is 0 Å². The predicted octanol–water partition coefficient (Wildman–Crippen LogP) is 0.616. The summed E-state index contributed by atoms with van der Waals surface area (Å²) in [6.07, 6.45) is -0.547. The van der Waals surface area contributed by atoms with Crippen LogP contribution >= 0.6 is 0 Å². The molecule has 0 radical (unpaired) electrons. The predicted molar refractivity (Wildman–Crippen MR) is 49.3 cm³/mol. The molecular weight excluding hydrogens is 172 g/mol. The molecule has 78 valence electrons. The van der Waals surface area contributed by atoms with Crippen LogP contribution in [0.2, 0.25) is 0 Å². The van der Waals surface area contributed by atoms with Crippen LogP contribution < -0.4 is 5.32 Å². The molecule has 0 fully saturated rings. The van der Waals surface area contributed by atoms with Gasteiger partial charge in [-0.05, 0) is 13.1 Å². The normalized spacial score (nSPS) is 10.2. The standard InChI is InChI=1S/C8H18N2O3/c1-4-10(5-2)7-6-9-8(11)13-12-3/h4-7H2,1-3H3,(H,9,11). The maximum absolute atomic E-state index is 10.7. The first-order valence-corrected chi connectivity index (χ1v) is 4.45. The van der Waals surface area contributed by atoms with Crippen molar-refractivity contribution in [3.8, 4) is 0 Å². The largest absolute Gasteiger partial charge is 0.438 e. The molecule has 0 aliphatic rings. The van der Waals surface area contributed by atoms with Gasteiger partial charge < -0.3 is 10.2 Å². The Bertz CT molecular complexity index is 137. The van der Waals surface area contributed by atoms with Crippen LogP contribution in [0.5, 0.6) is 0 Å². The zero-order chi connectivity index (χ0) is 10.1. The summed E-state index contributed by atoms with van der Waals surface area (Å²) >= 11 is 0. The number of amides is 1. The lowest BCUT2D eigenvalue weighted by atomic mass is 10.5. The molecule has 0 heterocycles. The average Bonchev–Trinajstić information content (AvgIpc) is 2.13. The van der Waals surface area contributed by atoms with Crippen LogP contribution in [0.3, 0.4) is 0 Å². The molecule has 1 amide bonds. The molecule has 0 saturated carbocycles. The first-order valence-electron chi connectivity index (χ1n) is 4.45. The molecule has 0 unspecified atom stereocenters. The van der Waals surface area contributed by atoms with E-state index in [0.29, 0.717) is 6.54 Å². The van der Waals surface area contributed by atoms with Crippen molar-refractivity contribution in [1.29, 1.82) is 0 Å². The third-order valence-corrected chi connectivity index (χ3v) is 1.75. The Morgan fingerprint density at radius 3 is 2.46 bits per heavy atom. The van der Waals surface area contributed by atoms with Crippen LogP contribution in [0.1, 0.15) is 13.8 Å². The molecule has 13 heavy (non-hydrogen) atoms. The van der Waals surface area contributed by atoms with Crippen molar-refractivity contribution in [2.45, 2.75) is 13.8 Å². The number of hydrogen-bond acceptors (Lipinski definition) is 4. The van der Waals surface area contributed by atoms with E-state index in [9.17, 15) is 4.79 Å². The molecule has 1 N–H and O–H groups in total. The van der Waals surface area contributed by atoms with Crippen molar-refractivity contribution in [2.24, 2.45) is 0 Å². The fourth-order valence-electron chi connectivity index (χ4n) is 0.961. The highest BCUT2D eigenvalue weighted by molar-refractivity contribution is 5.66. The van der Waals surface area contributed by atoms with E-state index < -0.39 is 6.09 Å². The van der Waals surface area contributed by atoms with E-state index >= 15 is 0 Å². The molecule has 0 aliphatic heterocycles. The molecular formula is C8H18N2O3. The molecule has 0 aromatic carbocycles. The van der Waals surface area contributed by atoms with E-state index in [-0.39, 0.29) is 0 Å². The van der Waals surface area contributed by atoms with Crippen LogP contribution in [0.25, 0.3) is 0 Å². The highest BCUT2D eigenvalue weighted by Gasteiger charge is 2.02. The lowest BCUT2D eigenvalue weighted by Gasteiger charge is -2.17. The SMILES string of the molecule is CCN(CC)CCNC(=O)OOC. The Labute approximate surface area is 78.9 Å². The van der Waals surface area contributed by atoms with Crippen LogP contribution in [-0.2, 0) is 9.78 Å². The maximum Gasteiger partial charge on any atom is 0.438 e. The summed E-state index contributed by atoms with van der Waals surface area (Å²) in [6, 6.07) is 0. The molecule has 5 heteroatoms. The van der Waals surface area contributed by atoms with E-state index in [0.717, 1.165) is 19.6 Å². The second kappa shape index (κ2) is 7.82. The van der Waals surface area contributed by atoms with Gasteiger partial charge in [-0.3, -0.25) is 4.89 Å². The van der Waals surface area contributed by atoms with Gasteiger partial charge in [-0.25, -0.2) is 4.79 Å². The summed E-state index contributed by atoms with van der Waals surface area (Å²) in [5.41, 5.74) is 0. The summed E-state index contributed by atoms with van der Waals surface area (Å²) < 4.78 is 0. The van der Waals surface area contributed by atoms with Crippen LogP contribution in [0.4, 0.5) is 4.79 Å². The fraction of sp³-hybridized carbons (Fsp3) is 0.875. The number of carbonyl (C=O) groups is 1. The molecule has 0 aromatic rings. The Balaban J connectivity index is 3.37. The zero-order valence-electron chi connectivity index (χ0n) is 8.50. The van der Waals surface area contributed by atoms with E-state index in [2.05, 4.69) is 33.8 Å². The van der Waals surface area contributed by atoms with Crippen LogP contribution in [0.15, 0.2) is 0 Å². The van der Waals surface area contributed by atoms with Crippen LogP contribution in [-0.4, -0.2) is 44.3 Å². The minimum atomic E-state index is -0.547. The molecule has 5 nitrogen and oxygen atoms in total. The zero-order valence-corrected chi connectivity index (χ0v) is 8.50. The van der Waals surface area contributed by atoms with Gasteiger partial charge >= 0.3 is 6.09 Å². The van der Waals surface area contributed by atoms with Crippen molar-refractivity contribution in [3.63, 3.8) is 0 Å². The second-order valence-electron chi connectivity index (χ2n) is 2.49. The summed E-state index contributed by atoms with van der Waals surface area (Å²) in [4.78, 5) is 21.3. The number of nitrogens with zero attached hydrogens (tertiary/aromatic N) is 1. The fourth-order valence-corrected chi connectivity index (χ4v) is 0.961. The quantitative estimate of drug-likeness (QED) is 0.492. The number of likely N-dealkylation sites (N-methyl/N-ethyl adjacent to an activating group) is 1. The van der Waals surface area contributed by atoms with E-state index in [1.165, 1.54) is 7.11 Å². The lowest BCUT2D eigenvalue weighted by Crippen LogP contribution is -2.34. The van der Waals surface area contributed by atoms with Crippen molar-refractivity contribution in [3.05, 3.63) is 0 Å². The number of carbonyl (C=O) groups excluding carboxylic acids is 1. The highest BCUT2D eigenvalue weighted by Crippen LogP contribution is 1.84. The summed E-state index contributed by atoms with van der Waals surface area (Å²) in [5, 5.41) is 2.55. The van der Waals surface area contributed by atoms with Crippen molar-refractivity contribution in [1.82, 2.24) is 10.2 Å². The third kappa shape index (κ3) is 6.36. The summed E-state index contributed by atoms with van der Waals surface area (Å²) in [6.45, 7) is 7.53. The molecule has 0 bridgehead atoms. The van der Waals surface area contributed by atoms with Crippen molar-refractivity contribution < 1.29 is 14.6 Å². The van der Waals surface area contributed by atoms with E-state index in [4.69, 9.17) is 0 Å². The Hall–Kier alpha value is -0.810. The van der Waals surface area contributed by atoms with E-state index in [1.54, 1.807) is 0 Å².